The first-order valence-electron chi connectivity index (χ1n) is 9.41. The quantitative estimate of drug-likeness (QED) is 0.395. The molecule has 0 aromatic carbocycles. The van der Waals surface area contributed by atoms with Crippen molar-refractivity contribution in [2.24, 2.45) is 5.92 Å². The third-order valence-corrected chi connectivity index (χ3v) is 7.47. The molecule has 1 aliphatic carbocycles. The molecular weight excluding hydrogens is 340 g/mol. The van der Waals surface area contributed by atoms with Gasteiger partial charge in [-0.2, -0.15) is 0 Å². The molecule has 1 rings (SSSR count). The zero-order valence-electron chi connectivity index (χ0n) is 17.5. The minimum atomic E-state index is -1.52. The van der Waals surface area contributed by atoms with E-state index in [1.165, 1.54) is 30.2 Å². The molecule has 1 atom stereocenters. The fourth-order valence-corrected chi connectivity index (χ4v) is 5.39. The smallest absolute Gasteiger partial charge is 0.241 e. The minimum absolute atomic E-state index is 0.497. The van der Waals surface area contributed by atoms with Crippen LogP contribution in [0.4, 0.5) is 0 Å². The Bertz CT molecular complexity index is 543. The summed E-state index contributed by atoms with van der Waals surface area (Å²) in [7, 11) is -4.26. The highest BCUT2D eigenvalue weighted by Crippen LogP contribution is 2.28. The van der Waals surface area contributed by atoms with Crippen LogP contribution in [0, 0.1) is 17.4 Å². The van der Waals surface area contributed by atoms with Gasteiger partial charge in [-0.1, -0.05) is 57.7 Å². The van der Waals surface area contributed by atoms with Crippen molar-refractivity contribution in [2.75, 3.05) is 0 Å². The highest BCUT2D eigenvalue weighted by Gasteiger charge is 2.23. The van der Waals surface area contributed by atoms with Crippen LogP contribution in [0.5, 0.6) is 0 Å². The Morgan fingerprint density at radius 1 is 1.04 bits per heavy atom. The number of hydrogen-bond donors (Lipinski definition) is 0. The van der Waals surface area contributed by atoms with Gasteiger partial charge in [0.25, 0.3) is 0 Å². The van der Waals surface area contributed by atoms with E-state index in [0.29, 0.717) is 5.92 Å². The van der Waals surface area contributed by atoms with Gasteiger partial charge in [-0.15, -0.1) is 5.54 Å². The summed E-state index contributed by atoms with van der Waals surface area (Å²) in [6.07, 6.45) is 9.78. The first kappa shape index (κ1) is 21.5. The molecule has 1 unspecified atom stereocenters. The third-order valence-electron chi connectivity index (χ3n) is 3.81. The van der Waals surface area contributed by atoms with Crippen molar-refractivity contribution >= 4 is 24.5 Å². The molecule has 0 saturated carbocycles. The molecule has 0 aromatic rings. The molecule has 0 N–H and O–H groups in total. The monoisotopic (exact) mass is 378 g/mol. The maximum absolute atomic E-state index is 6.32. The van der Waals surface area contributed by atoms with E-state index >= 15 is 0 Å². The standard InChI is InChI=1S/C20H38OSi3/c1-22(2,3)15-14-20(23(4,5)6)17-18-12-10-11-13-19(16-18)21-24(7,8)9/h16-18H,10-13H2,1-9H3/b20-17+. The lowest BCUT2D eigenvalue weighted by atomic mass is 10.0. The van der Waals surface area contributed by atoms with Crippen molar-refractivity contribution in [3.8, 4) is 11.5 Å². The van der Waals surface area contributed by atoms with Crippen molar-refractivity contribution in [3.05, 3.63) is 23.1 Å². The fourth-order valence-electron chi connectivity index (χ4n) is 2.64. The third kappa shape index (κ3) is 9.10. The predicted octanol–water partition coefficient (Wildman–Crippen LogP) is 6.60. The van der Waals surface area contributed by atoms with Gasteiger partial charge < -0.3 is 4.43 Å². The maximum Gasteiger partial charge on any atom is 0.241 e. The van der Waals surface area contributed by atoms with E-state index < -0.39 is 24.5 Å². The van der Waals surface area contributed by atoms with Crippen LogP contribution in [0.3, 0.4) is 0 Å². The average Bonchev–Trinajstić information content (AvgIpc) is 2.55. The summed E-state index contributed by atoms with van der Waals surface area (Å²) in [5.41, 5.74) is 3.59. The molecule has 0 saturated heterocycles. The molecular formula is C20H38OSi3. The molecule has 24 heavy (non-hydrogen) atoms. The van der Waals surface area contributed by atoms with Gasteiger partial charge in [-0.3, -0.25) is 0 Å². The van der Waals surface area contributed by atoms with Crippen LogP contribution in [0.2, 0.25) is 58.9 Å². The summed E-state index contributed by atoms with van der Waals surface area (Å²) in [6.45, 7) is 21.0. The highest BCUT2D eigenvalue weighted by atomic mass is 28.4. The van der Waals surface area contributed by atoms with Crippen LogP contribution in [0.25, 0.3) is 0 Å². The summed E-state index contributed by atoms with van der Waals surface area (Å²) in [5, 5.41) is 1.43. The summed E-state index contributed by atoms with van der Waals surface area (Å²) in [4.78, 5) is 0. The van der Waals surface area contributed by atoms with E-state index in [-0.39, 0.29) is 0 Å². The van der Waals surface area contributed by atoms with E-state index in [9.17, 15) is 0 Å². The number of allylic oxidation sites excluding steroid dienone is 4. The topological polar surface area (TPSA) is 9.23 Å². The van der Waals surface area contributed by atoms with Crippen LogP contribution in [0.15, 0.2) is 23.1 Å². The molecule has 4 heteroatoms. The van der Waals surface area contributed by atoms with Crippen molar-refractivity contribution in [1.29, 1.82) is 0 Å². The molecule has 0 heterocycles. The van der Waals surface area contributed by atoms with E-state index in [1.807, 2.05) is 0 Å². The van der Waals surface area contributed by atoms with Crippen LogP contribution in [0.1, 0.15) is 25.7 Å². The van der Waals surface area contributed by atoms with Crippen molar-refractivity contribution < 1.29 is 4.43 Å². The summed E-state index contributed by atoms with van der Waals surface area (Å²) in [6, 6.07) is 0. The molecule has 0 aliphatic heterocycles. The van der Waals surface area contributed by atoms with Crippen molar-refractivity contribution in [1.82, 2.24) is 0 Å². The van der Waals surface area contributed by atoms with Gasteiger partial charge in [0, 0.05) is 6.42 Å². The van der Waals surface area contributed by atoms with Crippen LogP contribution < -0.4 is 0 Å². The fraction of sp³-hybridized carbons (Fsp3) is 0.700. The average molecular weight is 379 g/mol. The first-order valence-corrected chi connectivity index (χ1v) is 19.8. The van der Waals surface area contributed by atoms with Gasteiger partial charge in [0.2, 0.25) is 8.32 Å². The lowest BCUT2D eigenvalue weighted by Gasteiger charge is -2.22. The van der Waals surface area contributed by atoms with Gasteiger partial charge in [-0.25, -0.2) is 0 Å². The summed E-state index contributed by atoms with van der Waals surface area (Å²) in [5.74, 6) is 5.34. The maximum atomic E-state index is 6.32. The lowest BCUT2D eigenvalue weighted by molar-refractivity contribution is 0.395. The van der Waals surface area contributed by atoms with Crippen LogP contribution in [-0.2, 0) is 4.43 Å². The second-order valence-electron chi connectivity index (χ2n) is 10.1. The Morgan fingerprint density at radius 2 is 1.67 bits per heavy atom. The SMILES string of the molecule is C[Si](C)(C)C#C/C(=C\C1C=C(O[Si](C)(C)C)CCCC1)[Si](C)(C)C. The van der Waals surface area contributed by atoms with E-state index in [1.54, 1.807) is 0 Å². The Balaban J connectivity index is 3.13. The Kier molecular flexibility index (Phi) is 7.40. The molecule has 0 fully saturated rings. The van der Waals surface area contributed by atoms with E-state index in [4.69, 9.17) is 4.43 Å². The second kappa shape index (κ2) is 8.25. The summed E-state index contributed by atoms with van der Waals surface area (Å²) >= 11 is 0. The van der Waals surface area contributed by atoms with Crippen LogP contribution >= 0.6 is 0 Å². The molecule has 0 bridgehead atoms. The molecule has 1 aliphatic rings. The van der Waals surface area contributed by atoms with Gasteiger partial charge in [-0.05, 0) is 49.7 Å². The van der Waals surface area contributed by atoms with Crippen molar-refractivity contribution in [3.63, 3.8) is 0 Å². The van der Waals surface area contributed by atoms with Gasteiger partial charge >= 0.3 is 0 Å². The molecule has 136 valence electrons. The Labute approximate surface area is 154 Å². The number of hydrogen-bond acceptors (Lipinski definition) is 1. The Hall–Kier alpha value is -0.509. The molecule has 0 spiro atoms. The molecule has 1 nitrogen and oxygen atoms in total. The van der Waals surface area contributed by atoms with Gasteiger partial charge in [0.1, 0.15) is 8.07 Å². The zero-order valence-corrected chi connectivity index (χ0v) is 20.5. The van der Waals surface area contributed by atoms with Crippen LogP contribution in [-0.4, -0.2) is 24.5 Å². The largest absolute Gasteiger partial charge is 0.548 e. The Morgan fingerprint density at radius 3 is 2.17 bits per heavy atom. The van der Waals surface area contributed by atoms with Crippen molar-refractivity contribution in [2.45, 2.75) is 84.6 Å². The summed E-state index contributed by atoms with van der Waals surface area (Å²) < 4.78 is 6.32. The second-order valence-corrected chi connectivity index (χ2v) is 24.3. The molecule has 0 amide bonds. The van der Waals surface area contributed by atoms with E-state index in [2.05, 4.69) is 82.5 Å². The minimum Gasteiger partial charge on any atom is -0.548 e. The predicted molar refractivity (Wildman–Crippen MR) is 117 cm³/mol. The van der Waals surface area contributed by atoms with Gasteiger partial charge in [0.05, 0.1) is 13.8 Å². The van der Waals surface area contributed by atoms with Gasteiger partial charge in [0.15, 0.2) is 0 Å². The number of rotatable bonds is 4. The highest BCUT2D eigenvalue weighted by molar-refractivity contribution is 6.86. The molecule has 0 aromatic heterocycles. The molecule has 0 radical (unpaired) electrons. The first-order chi connectivity index (χ1) is 10.8. The van der Waals surface area contributed by atoms with E-state index in [0.717, 1.165) is 6.42 Å². The zero-order chi connectivity index (χ0) is 18.6. The lowest BCUT2D eigenvalue weighted by Crippen LogP contribution is -2.26. The normalized spacial score (nSPS) is 20.6.